The van der Waals surface area contributed by atoms with E-state index in [1.807, 2.05) is 43.3 Å². The predicted octanol–water partition coefficient (Wildman–Crippen LogP) is 2.51. The molecule has 0 spiro atoms. The summed E-state index contributed by atoms with van der Waals surface area (Å²) in [6.45, 7) is 1.94. The number of para-hydroxylation sites is 1. The number of benzene rings is 1. The molecule has 0 aliphatic rings. The fraction of sp³-hybridized carbons (Fsp3) is 0.250. The maximum absolute atomic E-state index is 12.1. The Morgan fingerprint density at radius 1 is 1.30 bits per heavy atom. The highest BCUT2D eigenvalue weighted by Gasteiger charge is 2.12. The smallest absolute Gasteiger partial charge is 0.225 e. The number of hydrogen-bond donors (Lipinski definition) is 1. The normalized spacial score (nSPS) is 11.7. The van der Waals surface area contributed by atoms with Crippen LogP contribution in [-0.4, -0.2) is 18.0 Å². The molecule has 1 unspecified atom stereocenters. The Morgan fingerprint density at radius 2 is 2.10 bits per heavy atom. The van der Waals surface area contributed by atoms with Crippen molar-refractivity contribution >= 4 is 5.91 Å². The molecule has 0 saturated heterocycles. The molecule has 20 heavy (non-hydrogen) atoms. The molecule has 0 fully saturated rings. The van der Waals surface area contributed by atoms with Gasteiger partial charge in [0.25, 0.3) is 0 Å². The minimum atomic E-state index is -0.0640. The first kappa shape index (κ1) is 14.1. The molecule has 0 bridgehead atoms. The van der Waals surface area contributed by atoms with E-state index in [1.165, 1.54) is 0 Å². The summed E-state index contributed by atoms with van der Waals surface area (Å²) in [4.78, 5) is 16.1. The van der Waals surface area contributed by atoms with Gasteiger partial charge < -0.3 is 10.1 Å². The third-order valence-corrected chi connectivity index (χ3v) is 3.11. The van der Waals surface area contributed by atoms with Crippen molar-refractivity contribution in [3.8, 4) is 5.75 Å². The molecule has 4 heteroatoms. The van der Waals surface area contributed by atoms with E-state index in [0.29, 0.717) is 6.42 Å². The van der Waals surface area contributed by atoms with Gasteiger partial charge in [-0.15, -0.1) is 0 Å². The zero-order valence-corrected chi connectivity index (χ0v) is 11.7. The number of hydrogen-bond acceptors (Lipinski definition) is 3. The lowest BCUT2D eigenvalue weighted by molar-refractivity contribution is -0.121. The Hall–Kier alpha value is -2.36. The number of pyridine rings is 1. The Balaban J connectivity index is 1.99. The van der Waals surface area contributed by atoms with Gasteiger partial charge >= 0.3 is 0 Å². The number of aromatic nitrogens is 1. The Labute approximate surface area is 118 Å². The molecule has 2 aromatic rings. The average molecular weight is 270 g/mol. The van der Waals surface area contributed by atoms with Gasteiger partial charge in [0.1, 0.15) is 5.75 Å². The van der Waals surface area contributed by atoms with Gasteiger partial charge in [-0.05, 0) is 24.6 Å². The number of nitrogens with zero attached hydrogens (tertiary/aromatic N) is 1. The van der Waals surface area contributed by atoms with Crippen molar-refractivity contribution in [3.63, 3.8) is 0 Å². The summed E-state index contributed by atoms with van der Waals surface area (Å²) in [5.74, 6) is 0.697. The van der Waals surface area contributed by atoms with E-state index in [-0.39, 0.29) is 11.9 Å². The SMILES string of the molecule is COc1ccccc1CC(=O)NC(C)c1cccnc1. The quantitative estimate of drug-likeness (QED) is 0.908. The molecule has 0 radical (unpaired) electrons. The molecular weight excluding hydrogens is 252 g/mol. The summed E-state index contributed by atoms with van der Waals surface area (Å²) in [7, 11) is 1.61. The summed E-state index contributed by atoms with van der Waals surface area (Å²) in [5, 5.41) is 2.96. The van der Waals surface area contributed by atoms with E-state index in [2.05, 4.69) is 10.3 Å². The van der Waals surface area contributed by atoms with E-state index >= 15 is 0 Å². The van der Waals surface area contributed by atoms with E-state index in [0.717, 1.165) is 16.9 Å². The van der Waals surface area contributed by atoms with Crippen molar-refractivity contribution in [2.75, 3.05) is 7.11 Å². The first-order valence-electron chi connectivity index (χ1n) is 6.52. The summed E-state index contributed by atoms with van der Waals surface area (Å²) >= 11 is 0. The number of carbonyl (C=O) groups excluding carboxylic acids is 1. The average Bonchev–Trinajstić information content (AvgIpc) is 2.48. The van der Waals surface area contributed by atoms with Gasteiger partial charge in [-0.3, -0.25) is 9.78 Å². The van der Waals surface area contributed by atoms with Crippen molar-refractivity contribution in [1.82, 2.24) is 10.3 Å². The summed E-state index contributed by atoms with van der Waals surface area (Å²) < 4.78 is 5.25. The molecule has 1 atom stereocenters. The number of carbonyl (C=O) groups is 1. The largest absolute Gasteiger partial charge is 0.496 e. The number of amides is 1. The second-order valence-electron chi connectivity index (χ2n) is 4.56. The lowest BCUT2D eigenvalue weighted by Crippen LogP contribution is -2.28. The van der Waals surface area contributed by atoms with Crippen LogP contribution in [0.25, 0.3) is 0 Å². The van der Waals surface area contributed by atoms with Gasteiger partial charge in [0, 0.05) is 18.0 Å². The molecule has 0 saturated carbocycles. The predicted molar refractivity (Wildman–Crippen MR) is 77.5 cm³/mol. The fourth-order valence-electron chi connectivity index (χ4n) is 2.03. The second-order valence-corrected chi connectivity index (χ2v) is 4.56. The van der Waals surface area contributed by atoms with Gasteiger partial charge in [-0.1, -0.05) is 24.3 Å². The van der Waals surface area contributed by atoms with Crippen LogP contribution in [0, 0.1) is 0 Å². The van der Waals surface area contributed by atoms with Crippen LogP contribution in [0.4, 0.5) is 0 Å². The Kier molecular flexibility index (Phi) is 4.71. The number of ether oxygens (including phenoxy) is 1. The maximum atomic E-state index is 12.1. The molecule has 1 amide bonds. The molecule has 104 valence electrons. The first-order chi connectivity index (χ1) is 9.70. The zero-order chi connectivity index (χ0) is 14.4. The van der Waals surface area contributed by atoms with E-state index < -0.39 is 0 Å². The molecule has 0 aliphatic carbocycles. The summed E-state index contributed by atoms with van der Waals surface area (Å²) in [6, 6.07) is 11.3. The van der Waals surface area contributed by atoms with Crippen LogP contribution in [0.15, 0.2) is 48.8 Å². The minimum absolute atomic E-state index is 0.0362. The van der Waals surface area contributed by atoms with Gasteiger partial charge in [-0.2, -0.15) is 0 Å². The van der Waals surface area contributed by atoms with Crippen LogP contribution in [0.3, 0.4) is 0 Å². The Morgan fingerprint density at radius 3 is 2.80 bits per heavy atom. The maximum Gasteiger partial charge on any atom is 0.225 e. The van der Waals surface area contributed by atoms with Crippen LogP contribution in [0.1, 0.15) is 24.1 Å². The van der Waals surface area contributed by atoms with Crippen LogP contribution in [0.2, 0.25) is 0 Å². The van der Waals surface area contributed by atoms with Crippen LogP contribution >= 0.6 is 0 Å². The van der Waals surface area contributed by atoms with Gasteiger partial charge in [0.2, 0.25) is 5.91 Å². The topological polar surface area (TPSA) is 51.2 Å². The van der Waals surface area contributed by atoms with Crippen molar-refractivity contribution in [3.05, 3.63) is 59.9 Å². The van der Waals surface area contributed by atoms with Crippen molar-refractivity contribution < 1.29 is 9.53 Å². The molecule has 1 N–H and O–H groups in total. The second kappa shape index (κ2) is 6.70. The monoisotopic (exact) mass is 270 g/mol. The third-order valence-electron chi connectivity index (χ3n) is 3.11. The highest BCUT2D eigenvalue weighted by atomic mass is 16.5. The summed E-state index contributed by atoms with van der Waals surface area (Å²) in [5.41, 5.74) is 1.87. The first-order valence-corrected chi connectivity index (χ1v) is 6.52. The Bertz CT molecular complexity index is 570. The molecule has 1 aromatic heterocycles. The van der Waals surface area contributed by atoms with Crippen molar-refractivity contribution in [1.29, 1.82) is 0 Å². The molecule has 2 rings (SSSR count). The molecule has 4 nitrogen and oxygen atoms in total. The zero-order valence-electron chi connectivity index (χ0n) is 11.7. The minimum Gasteiger partial charge on any atom is -0.496 e. The third kappa shape index (κ3) is 3.57. The van der Waals surface area contributed by atoms with E-state index in [9.17, 15) is 4.79 Å². The fourth-order valence-corrected chi connectivity index (χ4v) is 2.03. The number of rotatable bonds is 5. The van der Waals surface area contributed by atoms with Crippen molar-refractivity contribution in [2.45, 2.75) is 19.4 Å². The van der Waals surface area contributed by atoms with Gasteiger partial charge in [-0.25, -0.2) is 0 Å². The highest BCUT2D eigenvalue weighted by molar-refractivity contribution is 5.79. The lowest BCUT2D eigenvalue weighted by atomic mass is 10.1. The molecular formula is C16H18N2O2. The standard InChI is InChI=1S/C16H18N2O2/c1-12(14-7-5-9-17-11-14)18-16(19)10-13-6-3-4-8-15(13)20-2/h3-9,11-12H,10H2,1-2H3,(H,18,19). The molecule has 0 aliphatic heterocycles. The lowest BCUT2D eigenvalue weighted by Gasteiger charge is -2.14. The number of methoxy groups -OCH3 is 1. The van der Waals surface area contributed by atoms with Crippen LogP contribution < -0.4 is 10.1 Å². The molecule has 1 aromatic carbocycles. The van der Waals surface area contributed by atoms with Crippen LogP contribution in [-0.2, 0) is 11.2 Å². The van der Waals surface area contributed by atoms with Gasteiger partial charge in [0.05, 0.1) is 19.6 Å². The van der Waals surface area contributed by atoms with Gasteiger partial charge in [0.15, 0.2) is 0 Å². The molecule has 1 heterocycles. The van der Waals surface area contributed by atoms with E-state index in [4.69, 9.17) is 4.74 Å². The highest BCUT2D eigenvalue weighted by Crippen LogP contribution is 2.18. The van der Waals surface area contributed by atoms with E-state index in [1.54, 1.807) is 19.5 Å². The number of nitrogens with one attached hydrogen (secondary N) is 1. The van der Waals surface area contributed by atoms with Crippen molar-refractivity contribution in [2.24, 2.45) is 0 Å². The summed E-state index contributed by atoms with van der Waals surface area (Å²) in [6.07, 6.45) is 3.77. The van der Waals surface area contributed by atoms with Crippen LogP contribution in [0.5, 0.6) is 5.75 Å².